The van der Waals surface area contributed by atoms with Crippen LogP contribution < -0.4 is 5.32 Å². The van der Waals surface area contributed by atoms with Gasteiger partial charge < -0.3 is 15.2 Å². The van der Waals surface area contributed by atoms with Gasteiger partial charge in [-0.15, -0.1) is 0 Å². The molecule has 2 N–H and O–H groups in total. The van der Waals surface area contributed by atoms with Crippen molar-refractivity contribution in [2.24, 2.45) is 0 Å². The number of methoxy groups -OCH3 is 1. The van der Waals surface area contributed by atoms with E-state index in [2.05, 4.69) is 10.1 Å². The number of aromatic hydroxyl groups is 1. The van der Waals surface area contributed by atoms with Crippen LogP contribution >= 0.6 is 0 Å². The molecule has 0 bridgehead atoms. The number of nitrogens with one attached hydrogen (secondary N) is 1. The maximum Gasteiger partial charge on any atom is 0.309 e. The van der Waals surface area contributed by atoms with E-state index in [0.29, 0.717) is 5.56 Å². The van der Waals surface area contributed by atoms with E-state index in [1.807, 2.05) is 0 Å². The molecule has 0 aromatic heterocycles. The molecule has 0 spiro atoms. The normalized spacial score (nSPS) is 10.2. The Hall–Kier alpha value is -3.49. The Morgan fingerprint density at radius 2 is 2.00 bits per heavy atom. The SMILES string of the molecule is COC(=O)Cc1ccc(O)c(NC(=O)c2ccc([N+](=O)[O-])c(F)c2)c1. The van der Waals surface area contributed by atoms with E-state index in [9.17, 15) is 29.2 Å². The van der Waals surface area contributed by atoms with Crippen LogP contribution in [0.2, 0.25) is 0 Å². The van der Waals surface area contributed by atoms with Gasteiger partial charge in [0, 0.05) is 11.6 Å². The van der Waals surface area contributed by atoms with Gasteiger partial charge >= 0.3 is 11.7 Å². The van der Waals surface area contributed by atoms with Gasteiger partial charge in [-0.3, -0.25) is 19.7 Å². The fourth-order valence-electron chi connectivity index (χ4n) is 2.02. The minimum absolute atomic E-state index is 0.00478. The molecule has 0 atom stereocenters. The van der Waals surface area contributed by atoms with Crippen molar-refractivity contribution < 1.29 is 28.7 Å². The molecule has 0 aliphatic rings. The first-order valence-corrected chi connectivity index (χ1v) is 6.96. The number of hydrogen-bond acceptors (Lipinski definition) is 6. The third-order valence-electron chi connectivity index (χ3n) is 3.29. The van der Waals surface area contributed by atoms with Crippen LogP contribution in [-0.2, 0) is 16.0 Å². The number of carbonyl (C=O) groups excluding carboxylic acids is 2. The van der Waals surface area contributed by atoms with Crippen molar-refractivity contribution in [1.29, 1.82) is 0 Å². The molecule has 0 saturated carbocycles. The van der Waals surface area contributed by atoms with E-state index in [-0.39, 0.29) is 23.4 Å². The Kier molecular flexibility index (Phi) is 5.28. The van der Waals surface area contributed by atoms with Crippen molar-refractivity contribution in [3.63, 3.8) is 0 Å². The van der Waals surface area contributed by atoms with E-state index in [1.165, 1.54) is 25.3 Å². The first-order valence-electron chi connectivity index (χ1n) is 6.96. The number of nitro groups is 1. The average molecular weight is 348 g/mol. The number of nitro benzene ring substituents is 1. The molecule has 0 fully saturated rings. The van der Waals surface area contributed by atoms with Crippen LogP contribution in [0, 0.1) is 15.9 Å². The second-order valence-corrected chi connectivity index (χ2v) is 4.98. The number of nitrogens with zero attached hydrogens (tertiary/aromatic N) is 1. The first-order chi connectivity index (χ1) is 11.8. The Labute approximate surface area is 141 Å². The fraction of sp³-hybridized carbons (Fsp3) is 0.125. The summed E-state index contributed by atoms with van der Waals surface area (Å²) in [5.74, 6) is -2.69. The van der Waals surface area contributed by atoms with Gasteiger partial charge in [0.05, 0.1) is 24.1 Å². The monoisotopic (exact) mass is 348 g/mol. The Morgan fingerprint density at radius 1 is 1.28 bits per heavy atom. The number of hydrogen-bond donors (Lipinski definition) is 2. The van der Waals surface area contributed by atoms with Crippen molar-refractivity contribution in [2.45, 2.75) is 6.42 Å². The largest absolute Gasteiger partial charge is 0.506 e. The van der Waals surface area contributed by atoms with E-state index in [4.69, 9.17) is 0 Å². The summed E-state index contributed by atoms with van der Waals surface area (Å²) < 4.78 is 18.1. The van der Waals surface area contributed by atoms with Crippen LogP contribution in [-0.4, -0.2) is 29.0 Å². The van der Waals surface area contributed by atoms with Crippen LogP contribution in [0.4, 0.5) is 15.8 Å². The van der Waals surface area contributed by atoms with Crippen molar-refractivity contribution >= 4 is 23.3 Å². The zero-order chi connectivity index (χ0) is 18.6. The maximum absolute atomic E-state index is 13.6. The number of esters is 1. The number of anilines is 1. The first kappa shape index (κ1) is 17.9. The number of phenols is 1. The molecule has 2 rings (SSSR count). The highest BCUT2D eigenvalue weighted by atomic mass is 19.1. The van der Waals surface area contributed by atoms with Gasteiger partial charge in [0.2, 0.25) is 5.82 Å². The predicted molar refractivity (Wildman–Crippen MR) is 84.8 cm³/mol. The summed E-state index contributed by atoms with van der Waals surface area (Å²) in [6.07, 6.45) is -0.0637. The maximum atomic E-state index is 13.6. The lowest BCUT2D eigenvalue weighted by atomic mass is 10.1. The summed E-state index contributed by atoms with van der Waals surface area (Å²) in [6.45, 7) is 0. The minimum Gasteiger partial charge on any atom is -0.506 e. The molecule has 25 heavy (non-hydrogen) atoms. The summed E-state index contributed by atoms with van der Waals surface area (Å²) >= 11 is 0. The van der Waals surface area contributed by atoms with Crippen LogP contribution in [0.1, 0.15) is 15.9 Å². The van der Waals surface area contributed by atoms with E-state index >= 15 is 0 Å². The molecule has 9 heteroatoms. The van der Waals surface area contributed by atoms with Crippen LogP contribution in [0.5, 0.6) is 5.75 Å². The smallest absolute Gasteiger partial charge is 0.309 e. The molecular weight excluding hydrogens is 335 g/mol. The van der Waals surface area contributed by atoms with Crippen molar-refractivity contribution in [2.75, 3.05) is 12.4 Å². The zero-order valence-corrected chi connectivity index (χ0v) is 13.0. The van der Waals surface area contributed by atoms with E-state index in [1.54, 1.807) is 0 Å². The van der Waals surface area contributed by atoms with Crippen molar-refractivity contribution in [3.8, 4) is 5.75 Å². The molecule has 130 valence electrons. The second-order valence-electron chi connectivity index (χ2n) is 4.98. The van der Waals surface area contributed by atoms with Gasteiger partial charge in [0.1, 0.15) is 5.75 Å². The van der Waals surface area contributed by atoms with Crippen molar-refractivity contribution in [1.82, 2.24) is 0 Å². The molecule has 2 aromatic rings. The van der Waals surface area contributed by atoms with E-state index in [0.717, 1.165) is 18.2 Å². The highest BCUT2D eigenvalue weighted by Gasteiger charge is 2.17. The summed E-state index contributed by atoms with van der Waals surface area (Å²) in [7, 11) is 1.23. The zero-order valence-electron chi connectivity index (χ0n) is 13.0. The summed E-state index contributed by atoms with van der Waals surface area (Å²) in [5, 5.41) is 22.7. The van der Waals surface area contributed by atoms with Crippen LogP contribution in [0.3, 0.4) is 0 Å². The number of halogens is 1. The molecule has 1 amide bonds. The Morgan fingerprint density at radius 3 is 2.60 bits per heavy atom. The van der Waals surface area contributed by atoms with Gasteiger partial charge in [-0.05, 0) is 29.8 Å². The van der Waals surface area contributed by atoms with Gasteiger partial charge in [0.25, 0.3) is 5.91 Å². The number of amides is 1. The molecular formula is C16H13FN2O6. The third-order valence-corrected chi connectivity index (χ3v) is 3.29. The molecule has 0 unspecified atom stereocenters. The number of phenolic OH excluding ortho intramolecular Hbond substituents is 1. The summed E-state index contributed by atoms with van der Waals surface area (Å²) in [5.41, 5.74) is -0.430. The quantitative estimate of drug-likeness (QED) is 0.371. The number of benzene rings is 2. The Balaban J connectivity index is 2.22. The average Bonchev–Trinajstić information content (AvgIpc) is 2.57. The third kappa shape index (κ3) is 4.28. The molecule has 0 heterocycles. The summed E-state index contributed by atoms with van der Waals surface area (Å²) in [6, 6.07) is 6.82. The molecule has 0 aliphatic carbocycles. The fourth-order valence-corrected chi connectivity index (χ4v) is 2.02. The molecule has 0 saturated heterocycles. The number of ether oxygens (including phenoxy) is 1. The van der Waals surface area contributed by atoms with E-state index < -0.39 is 28.3 Å². The number of rotatable bonds is 5. The van der Waals surface area contributed by atoms with Crippen LogP contribution in [0.25, 0.3) is 0 Å². The molecule has 0 aliphatic heterocycles. The van der Waals surface area contributed by atoms with Gasteiger partial charge in [0.15, 0.2) is 0 Å². The lowest BCUT2D eigenvalue weighted by Gasteiger charge is -2.09. The lowest BCUT2D eigenvalue weighted by Crippen LogP contribution is -2.13. The van der Waals surface area contributed by atoms with Gasteiger partial charge in [-0.2, -0.15) is 4.39 Å². The Bertz CT molecular complexity index is 853. The molecule has 0 radical (unpaired) electrons. The topological polar surface area (TPSA) is 119 Å². The standard InChI is InChI=1S/C16H13FN2O6/c1-25-15(21)7-9-2-5-14(20)12(6-9)18-16(22)10-3-4-13(19(23)24)11(17)8-10/h2-6,8,20H,7H2,1H3,(H,18,22). The predicted octanol–water partition coefficient (Wildman–Crippen LogP) is 2.41. The lowest BCUT2D eigenvalue weighted by molar-refractivity contribution is -0.387. The van der Waals surface area contributed by atoms with Crippen molar-refractivity contribution in [3.05, 3.63) is 63.5 Å². The molecule has 8 nitrogen and oxygen atoms in total. The molecule has 2 aromatic carbocycles. The highest BCUT2D eigenvalue weighted by molar-refractivity contribution is 6.05. The highest BCUT2D eigenvalue weighted by Crippen LogP contribution is 2.26. The van der Waals surface area contributed by atoms with Gasteiger partial charge in [-0.1, -0.05) is 6.07 Å². The summed E-state index contributed by atoms with van der Waals surface area (Å²) in [4.78, 5) is 33.1. The minimum atomic E-state index is -1.15. The van der Waals surface area contributed by atoms with Crippen LogP contribution in [0.15, 0.2) is 36.4 Å². The van der Waals surface area contributed by atoms with Gasteiger partial charge in [-0.25, -0.2) is 0 Å². The second kappa shape index (κ2) is 7.39. The number of carbonyl (C=O) groups is 2.